The molecule has 5 nitrogen and oxygen atoms in total. The zero-order valence-electron chi connectivity index (χ0n) is 10.2. The number of nitrogens with zero attached hydrogens (tertiary/aromatic N) is 1. The van der Waals surface area contributed by atoms with Crippen LogP contribution < -0.4 is 11.1 Å². The summed E-state index contributed by atoms with van der Waals surface area (Å²) in [5, 5.41) is 2.97. The molecule has 1 rings (SSSR count). The third-order valence-corrected chi connectivity index (χ3v) is 4.52. The molecule has 1 heterocycles. The topological polar surface area (TPSA) is 84.5 Å². The zero-order valence-corrected chi connectivity index (χ0v) is 13.3. The molecule has 0 bridgehead atoms. The van der Waals surface area contributed by atoms with Crippen LogP contribution in [0.5, 0.6) is 0 Å². The summed E-state index contributed by atoms with van der Waals surface area (Å²) in [6.45, 7) is 3.37. The Morgan fingerprint density at radius 2 is 2.24 bits per heavy atom. The molecule has 0 amide bonds. The number of hydrogen-bond donors (Lipinski definition) is 2. The molecule has 1 aliphatic rings. The van der Waals surface area contributed by atoms with Crippen LogP contribution >= 0.6 is 24.0 Å². The molecule has 0 radical (unpaired) electrons. The summed E-state index contributed by atoms with van der Waals surface area (Å²) in [6.07, 6.45) is 2.68. The van der Waals surface area contributed by atoms with E-state index in [2.05, 4.69) is 10.3 Å². The number of aliphatic imine (C=N–C) groups is 1. The quantitative estimate of drug-likeness (QED) is 0.431. The van der Waals surface area contributed by atoms with Crippen LogP contribution in [-0.2, 0) is 9.84 Å². The molecule has 0 saturated carbocycles. The number of sulfone groups is 1. The second-order valence-electron chi connectivity index (χ2n) is 4.28. The smallest absolute Gasteiger partial charge is 0.188 e. The van der Waals surface area contributed by atoms with E-state index in [9.17, 15) is 8.42 Å². The fourth-order valence-corrected chi connectivity index (χ4v) is 3.56. The second kappa shape index (κ2) is 8.12. The van der Waals surface area contributed by atoms with E-state index in [-0.39, 0.29) is 35.6 Å². The monoisotopic (exact) mass is 375 g/mol. The van der Waals surface area contributed by atoms with Crippen molar-refractivity contribution >= 4 is 39.8 Å². The Balaban J connectivity index is 0.00000256. The zero-order chi connectivity index (χ0) is 12.0. The van der Waals surface area contributed by atoms with E-state index in [1.54, 1.807) is 0 Å². The highest BCUT2D eigenvalue weighted by atomic mass is 127. The fraction of sp³-hybridized carbons (Fsp3) is 0.900. The van der Waals surface area contributed by atoms with Gasteiger partial charge in [-0.05, 0) is 25.2 Å². The van der Waals surface area contributed by atoms with Crippen molar-refractivity contribution in [2.24, 2.45) is 16.6 Å². The Labute approximate surface area is 121 Å². The van der Waals surface area contributed by atoms with Gasteiger partial charge in [-0.1, -0.05) is 6.92 Å². The van der Waals surface area contributed by atoms with Crippen LogP contribution in [0.2, 0.25) is 0 Å². The third kappa shape index (κ3) is 7.07. The van der Waals surface area contributed by atoms with Crippen LogP contribution in [0.15, 0.2) is 4.99 Å². The predicted molar refractivity (Wildman–Crippen MR) is 81.6 cm³/mol. The van der Waals surface area contributed by atoms with E-state index in [4.69, 9.17) is 5.73 Å². The molecule has 0 aromatic rings. The molecule has 17 heavy (non-hydrogen) atoms. The van der Waals surface area contributed by atoms with Gasteiger partial charge in [-0.15, -0.1) is 24.0 Å². The van der Waals surface area contributed by atoms with Crippen molar-refractivity contribution in [1.82, 2.24) is 5.32 Å². The van der Waals surface area contributed by atoms with Crippen molar-refractivity contribution in [3.8, 4) is 0 Å². The first-order valence-electron chi connectivity index (χ1n) is 5.77. The summed E-state index contributed by atoms with van der Waals surface area (Å²) < 4.78 is 22.8. The maximum atomic E-state index is 11.4. The lowest BCUT2D eigenvalue weighted by Gasteiger charge is -2.20. The van der Waals surface area contributed by atoms with Gasteiger partial charge in [-0.2, -0.15) is 0 Å². The van der Waals surface area contributed by atoms with Gasteiger partial charge in [0.05, 0.1) is 11.5 Å². The van der Waals surface area contributed by atoms with E-state index < -0.39 is 9.84 Å². The van der Waals surface area contributed by atoms with Crippen molar-refractivity contribution < 1.29 is 8.42 Å². The Hall–Kier alpha value is -0.0500. The Bertz CT molecular complexity index is 343. The van der Waals surface area contributed by atoms with Crippen molar-refractivity contribution in [2.75, 3.05) is 24.6 Å². The van der Waals surface area contributed by atoms with Gasteiger partial charge < -0.3 is 11.1 Å². The van der Waals surface area contributed by atoms with Gasteiger partial charge in [0.1, 0.15) is 0 Å². The van der Waals surface area contributed by atoms with Gasteiger partial charge in [0.25, 0.3) is 0 Å². The van der Waals surface area contributed by atoms with Gasteiger partial charge in [-0.25, -0.2) is 8.42 Å². The highest BCUT2D eigenvalue weighted by molar-refractivity contribution is 14.0. The number of hydrogen-bond acceptors (Lipinski definition) is 3. The van der Waals surface area contributed by atoms with Crippen molar-refractivity contribution in [2.45, 2.75) is 26.2 Å². The van der Waals surface area contributed by atoms with Crippen molar-refractivity contribution in [1.29, 1.82) is 0 Å². The lowest BCUT2D eigenvalue weighted by molar-refractivity contribution is 0.493. The van der Waals surface area contributed by atoms with E-state index >= 15 is 0 Å². The Morgan fingerprint density at radius 1 is 1.53 bits per heavy atom. The summed E-state index contributed by atoms with van der Waals surface area (Å²) in [7, 11) is -2.83. The first kappa shape index (κ1) is 16.9. The number of rotatable bonds is 4. The van der Waals surface area contributed by atoms with Crippen molar-refractivity contribution in [3.05, 3.63) is 0 Å². The van der Waals surface area contributed by atoms with E-state index in [1.165, 1.54) is 0 Å². The van der Waals surface area contributed by atoms with Gasteiger partial charge >= 0.3 is 0 Å². The van der Waals surface area contributed by atoms with Crippen LogP contribution in [0.25, 0.3) is 0 Å². The maximum Gasteiger partial charge on any atom is 0.188 e. The van der Waals surface area contributed by atoms with Crippen LogP contribution in [0.1, 0.15) is 26.2 Å². The Morgan fingerprint density at radius 3 is 2.82 bits per heavy atom. The summed E-state index contributed by atoms with van der Waals surface area (Å²) >= 11 is 0. The number of halogens is 1. The molecule has 1 fully saturated rings. The van der Waals surface area contributed by atoms with E-state index in [1.807, 2.05) is 6.92 Å². The average Bonchev–Trinajstić information content (AvgIpc) is 2.22. The SMILES string of the molecule is CCCNC(N)=NCC1CCCS(=O)(=O)C1.I. The lowest BCUT2D eigenvalue weighted by Crippen LogP contribution is -2.34. The van der Waals surface area contributed by atoms with Gasteiger partial charge in [0.15, 0.2) is 15.8 Å². The van der Waals surface area contributed by atoms with Gasteiger partial charge in [-0.3, -0.25) is 4.99 Å². The lowest BCUT2D eigenvalue weighted by atomic mass is 10.1. The third-order valence-electron chi connectivity index (χ3n) is 2.63. The fourth-order valence-electron chi connectivity index (χ4n) is 1.80. The molecule has 3 N–H and O–H groups in total. The molecule has 0 spiro atoms. The molecule has 102 valence electrons. The molecular weight excluding hydrogens is 353 g/mol. The van der Waals surface area contributed by atoms with Crippen molar-refractivity contribution in [3.63, 3.8) is 0 Å². The molecule has 0 aliphatic carbocycles. The second-order valence-corrected chi connectivity index (χ2v) is 6.50. The standard InChI is InChI=1S/C10H21N3O2S.HI/c1-2-5-12-10(11)13-7-9-4-3-6-16(14,15)8-9;/h9H,2-8H2,1H3,(H3,11,12,13);1H. The molecule has 7 heteroatoms. The van der Waals surface area contributed by atoms with Gasteiger partial charge in [0.2, 0.25) is 0 Å². The largest absolute Gasteiger partial charge is 0.370 e. The number of guanidine groups is 1. The average molecular weight is 375 g/mol. The summed E-state index contributed by atoms with van der Waals surface area (Å²) in [4.78, 5) is 4.17. The summed E-state index contributed by atoms with van der Waals surface area (Å²) in [5.74, 6) is 1.15. The van der Waals surface area contributed by atoms with Crippen LogP contribution in [0.3, 0.4) is 0 Å². The normalized spacial score (nSPS) is 23.8. The first-order valence-corrected chi connectivity index (χ1v) is 7.60. The van der Waals surface area contributed by atoms with Crippen LogP contribution in [-0.4, -0.2) is 39.0 Å². The Kier molecular flexibility index (Phi) is 8.10. The minimum absolute atomic E-state index is 0. The van der Waals surface area contributed by atoms with Crippen LogP contribution in [0, 0.1) is 5.92 Å². The van der Waals surface area contributed by atoms with Gasteiger partial charge in [0, 0.05) is 13.1 Å². The van der Waals surface area contributed by atoms with Crippen LogP contribution in [0.4, 0.5) is 0 Å². The predicted octanol–water partition coefficient (Wildman–Crippen LogP) is 0.743. The number of nitrogens with one attached hydrogen (secondary N) is 1. The first-order chi connectivity index (χ1) is 7.53. The number of nitrogens with two attached hydrogens (primary N) is 1. The highest BCUT2D eigenvalue weighted by Gasteiger charge is 2.24. The minimum Gasteiger partial charge on any atom is -0.370 e. The maximum absolute atomic E-state index is 11.4. The minimum atomic E-state index is -2.83. The van der Waals surface area contributed by atoms with E-state index in [0.29, 0.717) is 18.3 Å². The molecular formula is C10H22IN3O2S. The summed E-state index contributed by atoms with van der Waals surface area (Å²) in [6, 6.07) is 0. The molecule has 0 aromatic heterocycles. The molecule has 0 aromatic carbocycles. The molecule has 1 aliphatic heterocycles. The van der Waals surface area contributed by atoms with E-state index in [0.717, 1.165) is 25.8 Å². The molecule has 1 atom stereocenters. The molecule has 1 saturated heterocycles. The summed E-state index contributed by atoms with van der Waals surface area (Å²) in [5.41, 5.74) is 5.63. The molecule has 1 unspecified atom stereocenters. The highest BCUT2D eigenvalue weighted by Crippen LogP contribution is 2.18.